The van der Waals surface area contributed by atoms with Gasteiger partial charge in [-0.3, -0.25) is 4.79 Å². The van der Waals surface area contributed by atoms with E-state index in [-0.39, 0.29) is 6.54 Å². The maximum absolute atomic E-state index is 10.3. The molecular formula is C10H12BrNO3. The number of halogens is 1. The van der Waals surface area contributed by atoms with Crippen molar-refractivity contribution in [1.29, 1.82) is 0 Å². The van der Waals surface area contributed by atoms with E-state index >= 15 is 0 Å². The molecule has 0 unspecified atom stereocenters. The number of carboxylic acids is 1. The molecular weight excluding hydrogens is 262 g/mol. The van der Waals surface area contributed by atoms with E-state index in [1.54, 1.807) is 7.11 Å². The van der Waals surface area contributed by atoms with E-state index in [1.165, 1.54) is 0 Å². The molecule has 0 aromatic heterocycles. The standard InChI is InChI=1S/C10H12BrNO3/c1-15-9-3-2-7(4-8(9)11)5-12-6-10(13)14/h2-4,12H,5-6H2,1H3,(H,13,14). The maximum Gasteiger partial charge on any atom is 0.317 e. The molecule has 0 bridgehead atoms. The summed E-state index contributed by atoms with van der Waals surface area (Å²) in [5.41, 5.74) is 1.00. The summed E-state index contributed by atoms with van der Waals surface area (Å²) in [6, 6.07) is 5.62. The minimum Gasteiger partial charge on any atom is -0.496 e. The lowest BCUT2D eigenvalue weighted by Gasteiger charge is -2.06. The van der Waals surface area contributed by atoms with Gasteiger partial charge in [0.05, 0.1) is 18.1 Å². The number of nitrogens with one attached hydrogen (secondary N) is 1. The van der Waals surface area contributed by atoms with E-state index in [4.69, 9.17) is 9.84 Å². The fraction of sp³-hybridized carbons (Fsp3) is 0.300. The van der Waals surface area contributed by atoms with Crippen LogP contribution in [0.1, 0.15) is 5.56 Å². The van der Waals surface area contributed by atoms with Crippen molar-refractivity contribution in [1.82, 2.24) is 5.32 Å². The van der Waals surface area contributed by atoms with Crippen LogP contribution < -0.4 is 10.1 Å². The van der Waals surface area contributed by atoms with Gasteiger partial charge >= 0.3 is 5.97 Å². The number of rotatable bonds is 5. The van der Waals surface area contributed by atoms with E-state index in [0.29, 0.717) is 6.54 Å². The summed E-state index contributed by atoms with van der Waals surface area (Å²) >= 11 is 3.36. The first-order valence-corrected chi connectivity index (χ1v) is 5.17. The highest BCUT2D eigenvalue weighted by molar-refractivity contribution is 9.10. The van der Waals surface area contributed by atoms with Crippen LogP contribution in [0.4, 0.5) is 0 Å². The zero-order valence-electron chi connectivity index (χ0n) is 8.29. The summed E-state index contributed by atoms with van der Waals surface area (Å²) < 4.78 is 5.94. The Morgan fingerprint density at radius 1 is 1.60 bits per heavy atom. The van der Waals surface area contributed by atoms with Crippen molar-refractivity contribution in [2.75, 3.05) is 13.7 Å². The van der Waals surface area contributed by atoms with Gasteiger partial charge in [0, 0.05) is 6.54 Å². The van der Waals surface area contributed by atoms with Crippen molar-refractivity contribution in [3.8, 4) is 5.75 Å². The molecule has 0 fully saturated rings. The molecule has 5 heteroatoms. The molecule has 15 heavy (non-hydrogen) atoms. The van der Waals surface area contributed by atoms with Gasteiger partial charge in [0.2, 0.25) is 0 Å². The van der Waals surface area contributed by atoms with Gasteiger partial charge in [-0.25, -0.2) is 0 Å². The SMILES string of the molecule is COc1ccc(CNCC(=O)O)cc1Br. The van der Waals surface area contributed by atoms with Gasteiger partial charge in [-0.2, -0.15) is 0 Å². The monoisotopic (exact) mass is 273 g/mol. The molecule has 0 saturated heterocycles. The molecule has 0 amide bonds. The predicted molar refractivity (Wildman–Crippen MR) is 60.0 cm³/mol. The molecule has 0 aliphatic heterocycles. The number of hydrogen-bond acceptors (Lipinski definition) is 3. The second-order valence-electron chi connectivity index (χ2n) is 2.97. The molecule has 82 valence electrons. The van der Waals surface area contributed by atoms with Crippen LogP contribution in [0.2, 0.25) is 0 Å². The van der Waals surface area contributed by atoms with Gasteiger partial charge in [-0.15, -0.1) is 0 Å². The fourth-order valence-electron chi connectivity index (χ4n) is 1.13. The van der Waals surface area contributed by atoms with Crippen LogP contribution >= 0.6 is 15.9 Å². The molecule has 0 atom stereocenters. The van der Waals surface area contributed by atoms with E-state index < -0.39 is 5.97 Å². The Labute approximate surface area is 96.4 Å². The van der Waals surface area contributed by atoms with Crippen molar-refractivity contribution < 1.29 is 14.6 Å². The van der Waals surface area contributed by atoms with Crippen LogP contribution in [0.15, 0.2) is 22.7 Å². The van der Waals surface area contributed by atoms with E-state index in [0.717, 1.165) is 15.8 Å². The molecule has 0 spiro atoms. The third-order valence-electron chi connectivity index (χ3n) is 1.82. The third-order valence-corrected chi connectivity index (χ3v) is 2.44. The highest BCUT2D eigenvalue weighted by Crippen LogP contribution is 2.25. The average Bonchev–Trinajstić information content (AvgIpc) is 2.17. The normalized spacial score (nSPS) is 10.0. The maximum atomic E-state index is 10.3. The van der Waals surface area contributed by atoms with Crippen LogP contribution in [0.3, 0.4) is 0 Å². The minimum absolute atomic E-state index is 0.0380. The summed E-state index contributed by atoms with van der Waals surface area (Å²) in [6.45, 7) is 0.485. The Morgan fingerprint density at radius 2 is 2.33 bits per heavy atom. The lowest BCUT2D eigenvalue weighted by molar-refractivity contribution is -0.135. The molecule has 0 heterocycles. The van der Waals surface area contributed by atoms with Crippen molar-refractivity contribution in [3.63, 3.8) is 0 Å². The average molecular weight is 274 g/mol. The Balaban J connectivity index is 2.55. The van der Waals surface area contributed by atoms with Crippen LogP contribution in [0.5, 0.6) is 5.75 Å². The molecule has 2 N–H and O–H groups in total. The van der Waals surface area contributed by atoms with E-state index in [2.05, 4.69) is 21.2 Å². The van der Waals surface area contributed by atoms with Crippen molar-refractivity contribution in [3.05, 3.63) is 28.2 Å². The van der Waals surface area contributed by atoms with Gasteiger partial charge in [0.15, 0.2) is 0 Å². The molecule has 0 aliphatic carbocycles. The summed E-state index contributed by atoms with van der Waals surface area (Å²) in [5, 5.41) is 11.2. The number of hydrogen-bond donors (Lipinski definition) is 2. The molecule has 1 aromatic carbocycles. The molecule has 0 aliphatic rings. The largest absolute Gasteiger partial charge is 0.496 e. The Morgan fingerprint density at radius 3 is 2.87 bits per heavy atom. The Hall–Kier alpha value is -1.07. The zero-order chi connectivity index (χ0) is 11.3. The smallest absolute Gasteiger partial charge is 0.317 e. The predicted octanol–water partition coefficient (Wildman–Crippen LogP) is 1.63. The number of methoxy groups -OCH3 is 1. The highest BCUT2D eigenvalue weighted by atomic mass is 79.9. The summed E-state index contributed by atoms with van der Waals surface area (Å²) in [6.07, 6.45) is 0. The first-order chi connectivity index (χ1) is 7.13. The highest BCUT2D eigenvalue weighted by Gasteiger charge is 2.01. The molecule has 4 nitrogen and oxygen atoms in total. The Kier molecular flexibility index (Phi) is 4.58. The van der Waals surface area contributed by atoms with Crippen LogP contribution in [0, 0.1) is 0 Å². The first-order valence-electron chi connectivity index (χ1n) is 4.38. The van der Waals surface area contributed by atoms with Gasteiger partial charge in [-0.05, 0) is 33.6 Å². The summed E-state index contributed by atoms with van der Waals surface area (Å²) in [5.74, 6) is -0.0976. The number of aliphatic carboxylic acids is 1. The van der Waals surface area contributed by atoms with Crippen molar-refractivity contribution in [2.24, 2.45) is 0 Å². The van der Waals surface area contributed by atoms with Gasteiger partial charge in [0.1, 0.15) is 5.75 Å². The number of carboxylic acid groups (broad SMARTS) is 1. The summed E-state index contributed by atoms with van der Waals surface area (Å²) in [4.78, 5) is 10.3. The van der Waals surface area contributed by atoms with Crippen LogP contribution in [0.25, 0.3) is 0 Å². The zero-order valence-corrected chi connectivity index (χ0v) is 9.87. The second kappa shape index (κ2) is 5.72. The molecule has 0 radical (unpaired) electrons. The number of carbonyl (C=O) groups is 1. The first kappa shape index (κ1) is 12.0. The quantitative estimate of drug-likeness (QED) is 0.856. The van der Waals surface area contributed by atoms with Crippen LogP contribution in [-0.4, -0.2) is 24.7 Å². The molecule has 1 rings (SSSR count). The molecule has 0 saturated carbocycles. The second-order valence-corrected chi connectivity index (χ2v) is 3.82. The number of benzene rings is 1. The summed E-state index contributed by atoms with van der Waals surface area (Å²) in [7, 11) is 1.60. The van der Waals surface area contributed by atoms with Gasteiger partial charge in [0.25, 0.3) is 0 Å². The number of ether oxygens (including phenoxy) is 1. The fourth-order valence-corrected chi connectivity index (χ4v) is 1.72. The van der Waals surface area contributed by atoms with Crippen LogP contribution in [-0.2, 0) is 11.3 Å². The lowest BCUT2D eigenvalue weighted by atomic mass is 10.2. The topological polar surface area (TPSA) is 58.6 Å². The lowest BCUT2D eigenvalue weighted by Crippen LogP contribution is -2.21. The van der Waals surface area contributed by atoms with Gasteiger partial charge in [-0.1, -0.05) is 6.07 Å². The van der Waals surface area contributed by atoms with Gasteiger partial charge < -0.3 is 15.2 Å². The van der Waals surface area contributed by atoms with Crippen molar-refractivity contribution >= 4 is 21.9 Å². The molecule has 1 aromatic rings. The third kappa shape index (κ3) is 3.89. The minimum atomic E-state index is -0.859. The van der Waals surface area contributed by atoms with Crippen molar-refractivity contribution in [2.45, 2.75) is 6.54 Å². The van der Waals surface area contributed by atoms with E-state index in [1.807, 2.05) is 18.2 Å². The Bertz CT molecular complexity index is 355. The van der Waals surface area contributed by atoms with E-state index in [9.17, 15) is 4.79 Å².